The molecule has 0 heterocycles. The Kier molecular flexibility index (Phi) is 14.4. The van der Waals surface area contributed by atoms with Crippen LogP contribution in [0.3, 0.4) is 0 Å². The molecule has 0 rings (SSSR count). The largest absolute Gasteiger partial charge is 0.464 e. The summed E-state index contributed by atoms with van der Waals surface area (Å²) in [6.07, 6.45) is 7.91. The van der Waals surface area contributed by atoms with Gasteiger partial charge >= 0.3 is 12.1 Å². The molecule has 7 nitrogen and oxygen atoms in total. The van der Waals surface area contributed by atoms with Crippen LogP contribution in [0.5, 0.6) is 0 Å². The summed E-state index contributed by atoms with van der Waals surface area (Å²) in [4.78, 5) is 38.0. The van der Waals surface area contributed by atoms with Gasteiger partial charge in [0.05, 0.1) is 13.2 Å². The van der Waals surface area contributed by atoms with Gasteiger partial charge < -0.3 is 19.3 Å². The number of unbranched alkanes of at least 4 members (excludes halogenated alkanes) is 6. The zero-order valence-corrected chi connectivity index (χ0v) is 16.9. The molecule has 0 saturated carbocycles. The smallest absolute Gasteiger partial charge is 0.409 e. The summed E-state index contributed by atoms with van der Waals surface area (Å²) >= 11 is 0. The van der Waals surface area contributed by atoms with Gasteiger partial charge in [-0.3, -0.25) is 9.59 Å². The van der Waals surface area contributed by atoms with Crippen LogP contribution in [0.4, 0.5) is 4.79 Å². The highest BCUT2D eigenvalue weighted by atomic mass is 16.6. The summed E-state index contributed by atoms with van der Waals surface area (Å²) in [6.45, 7) is 4.65. The van der Waals surface area contributed by atoms with Crippen LogP contribution in [0, 0.1) is 0 Å². The van der Waals surface area contributed by atoms with Crippen molar-refractivity contribution in [3.05, 3.63) is 0 Å². The summed E-state index contributed by atoms with van der Waals surface area (Å²) in [6, 6.07) is 0. The van der Waals surface area contributed by atoms with Gasteiger partial charge in [-0.25, -0.2) is 4.79 Å². The van der Waals surface area contributed by atoms with Crippen LogP contribution in [-0.4, -0.2) is 68.2 Å². The third kappa shape index (κ3) is 12.6. The lowest BCUT2D eigenvalue weighted by Crippen LogP contribution is -2.41. The van der Waals surface area contributed by atoms with E-state index in [2.05, 4.69) is 6.92 Å². The van der Waals surface area contributed by atoms with Crippen molar-refractivity contribution < 1.29 is 23.9 Å². The highest BCUT2D eigenvalue weighted by Crippen LogP contribution is 2.05. The number of hydrogen-bond acceptors (Lipinski definition) is 5. The molecule has 152 valence electrons. The van der Waals surface area contributed by atoms with Crippen molar-refractivity contribution in [3.8, 4) is 0 Å². The van der Waals surface area contributed by atoms with E-state index in [-0.39, 0.29) is 19.0 Å². The first-order chi connectivity index (χ1) is 12.4. The first-order valence-electron chi connectivity index (χ1n) is 9.69. The highest BCUT2D eigenvalue weighted by Gasteiger charge is 2.19. The minimum absolute atomic E-state index is 0.118. The van der Waals surface area contributed by atoms with Gasteiger partial charge in [-0.05, 0) is 12.8 Å². The third-order valence-electron chi connectivity index (χ3n) is 3.96. The molecule has 0 aliphatic carbocycles. The zero-order valence-electron chi connectivity index (χ0n) is 16.9. The molecule has 2 amide bonds. The van der Waals surface area contributed by atoms with Crippen molar-refractivity contribution in [3.63, 3.8) is 0 Å². The van der Waals surface area contributed by atoms with Crippen LogP contribution in [0.2, 0.25) is 0 Å². The maximum Gasteiger partial charge on any atom is 0.409 e. The SMILES string of the molecule is CCCCCCCCOC(=O)CN(C)C(=O)CN(C)C(=O)OCCCC. The molecule has 0 aliphatic heterocycles. The number of hydrogen-bond donors (Lipinski definition) is 0. The Labute approximate surface area is 158 Å². The second kappa shape index (κ2) is 15.5. The molecular formula is C19H36N2O5. The van der Waals surface area contributed by atoms with Gasteiger partial charge in [-0.15, -0.1) is 0 Å². The number of amides is 2. The Morgan fingerprint density at radius 1 is 0.692 bits per heavy atom. The first-order valence-corrected chi connectivity index (χ1v) is 9.69. The van der Waals surface area contributed by atoms with Gasteiger partial charge in [0.1, 0.15) is 13.1 Å². The summed E-state index contributed by atoms with van der Waals surface area (Å²) in [5, 5.41) is 0. The van der Waals surface area contributed by atoms with E-state index in [0.717, 1.165) is 32.1 Å². The van der Waals surface area contributed by atoms with Gasteiger partial charge in [-0.2, -0.15) is 0 Å². The van der Waals surface area contributed by atoms with Gasteiger partial charge in [0.25, 0.3) is 0 Å². The van der Waals surface area contributed by atoms with Crippen LogP contribution in [-0.2, 0) is 19.1 Å². The Morgan fingerprint density at radius 3 is 1.92 bits per heavy atom. The minimum Gasteiger partial charge on any atom is -0.464 e. The van der Waals surface area contributed by atoms with Crippen LogP contribution in [0.15, 0.2) is 0 Å². The van der Waals surface area contributed by atoms with Crippen LogP contribution in [0.1, 0.15) is 65.2 Å². The van der Waals surface area contributed by atoms with E-state index in [9.17, 15) is 14.4 Å². The highest BCUT2D eigenvalue weighted by molar-refractivity contribution is 5.85. The maximum absolute atomic E-state index is 12.1. The van der Waals surface area contributed by atoms with Crippen molar-refractivity contribution >= 4 is 18.0 Å². The molecule has 0 aliphatic rings. The van der Waals surface area contributed by atoms with Crippen LogP contribution in [0.25, 0.3) is 0 Å². The molecule has 0 spiro atoms. The second-order valence-corrected chi connectivity index (χ2v) is 6.56. The molecular weight excluding hydrogens is 336 g/mol. The van der Waals surface area contributed by atoms with Crippen LogP contribution >= 0.6 is 0 Å². The Balaban J connectivity index is 3.91. The van der Waals surface area contributed by atoms with Gasteiger partial charge in [-0.1, -0.05) is 52.4 Å². The van der Waals surface area contributed by atoms with Gasteiger partial charge in [0, 0.05) is 14.1 Å². The van der Waals surface area contributed by atoms with E-state index in [4.69, 9.17) is 9.47 Å². The Morgan fingerprint density at radius 2 is 1.27 bits per heavy atom. The summed E-state index contributed by atoms with van der Waals surface area (Å²) in [5.41, 5.74) is 0. The molecule has 0 aromatic heterocycles. The normalized spacial score (nSPS) is 10.3. The molecule has 0 atom stereocenters. The van der Waals surface area contributed by atoms with E-state index >= 15 is 0 Å². The van der Waals surface area contributed by atoms with Crippen LogP contribution < -0.4 is 0 Å². The molecule has 0 saturated heterocycles. The number of carbonyl (C=O) groups excluding carboxylic acids is 3. The quantitative estimate of drug-likeness (QED) is 0.346. The third-order valence-corrected chi connectivity index (χ3v) is 3.96. The maximum atomic E-state index is 12.1. The summed E-state index contributed by atoms with van der Waals surface area (Å²) < 4.78 is 10.2. The number of ether oxygens (including phenoxy) is 2. The standard InChI is InChI=1S/C19H36N2O5/c1-5-7-9-10-11-12-14-25-18(23)16-20(3)17(22)15-21(4)19(24)26-13-8-6-2/h5-16H2,1-4H3. The number of rotatable bonds is 14. The molecule has 0 radical (unpaired) electrons. The predicted molar refractivity (Wildman–Crippen MR) is 101 cm³/mol. The lowest BCUT2D eigenvalue weighted by Gasteiger charge is -2.21. The monoisotopic (exact) mass is 372 g/mol. The molecule has 26 heavy (non-hydrogen) atoms. The molecule has 0 aromatic carbocycles. The lowest BCUT2D eigenvalue weighted by atomic mass is 10.1. The number of carbonyl (C=O) groups is 3. The predicted octanol–water partition coefficient (Wildman–Crippen LogP) is 3.22. The molecule has 7 heteroatoms. The lowest BCUT2D eigenvalue weighted by molar-refractivity contribution is -0.148. The van der Waals surface area contributed by atoms with E-state index in [0.29, 0.717) is 13.2 Å². The average molecular weight is 373 g/mol. The van der Waals surface area contributed by atoms with Crippen molar-refractivity contribution in [2.45, 2.75) is 65.2 Å². The van der Waals surface area contributed by atoms with E-state index in [1.165, 1.54) is 43.2 Å². The summed E-state index contributed by atoms with van der Waals surface area (Å²) in [5.74, 6) is -0.765. The second-order valence-electron chi connectivity index (χ2n) is 6.56. The zero-order chi connectivity index (χ0) is 19.8. The fraction of sp³-hybridized carbons (Fsp3) is 0.842. The van der Waals surface area contributed by atoms with Crippen molar-refractivity contribution in [1.82, 2.24) is 9.80 Å². The fourth-order valence-electron chi connectivity index (χ4n) is 2.20. The molecule has 0 fully saturated rings. The van der Waals surface area contributed by atoms with Crippen molar-refractivity contribution in [2.75, 3.05) is 40.4 Å². The number of esters is 1. The first kappa shape index (κ1) is 24.2. The van der Waals surface area contributed by atoms with E-state index in [1.54, 1.807) is 0 Å². The number of nitrogens with zero attached hydrogens (tertiary/aromatic N) is 2. The molecule has 0 aromatic rings. The molecule has 0 N–H and O–H groups in total. The minimum atomic E-state index is -0.536. The number of likely N-dealkylation sites (N-methyl/N-ethyl adjacent to an activating group) is 2. The Bertz CT molecular complexity index is 415. The fourth-order valence-corrected chi connectivity index (χ4v) is 2.20. The van der Waals surface area contributed by atoms with E-state index < -0.39 is 12.1 Å². The summed E-state index contributed by atoms with van der Waals surface area (Å²) in [7, 11) is 3.02. The van der Waals surface area contributed by atoms with Gasteiger partial charge in [0.2, 0.25) is 5.91 Å². The van der Waals surface area contributed by atoms with Crippen molar-refractivity contribution in [2.24, 2.45) is 0 Å². The Hall–Kier alpha value is -1.79. The topological polar surface area (TPSA) is 76.2 Å². The van der Waals surface area contributed by atoms with Gasteiger partial charge in [0.15, 0.2) is 0 Å². The molecule has 0 bridgehead atoms. The van der Waals surface area contributed by atoms with Crippen molar-refractivity contribution in [1.29, 1.82) is 0 Å². The average Bonchev–Trinajstić information content (AvgIpc) is 2.60. The van der Waals surface area contributed by atoms with E-state index in [1.807, 2.05) is 6.92 Å². The molecule has 0 unspecified atom stereocenters.